The molecule has 0 heterocycles. The van der Waals surface area contributed by atoms with E-state index in [-0.39, 0.29) is 12.4 Å². The average Bonchev–Trinajstić information content (AvgIpc) is 2.61. The van der Waals surface area contributed by atoms with E-state index in [2.05, 4.69) is 4.99 Å². The molecule has 1 aliphatic carbocycles. The number of carbonyl (C=O) groups excluding carboxylic acids is 1. The Labute approximate surface area is 81.5 Å². The van der Waals surface area contributed by atoms with Crippen molar-refractivity contribution in [3.8, 4) is 0 Å². The first-order valence-electron chi connectivity index (χ1n) is 4.65. The maximum atomic E-state index is 13.4. The first-order chi connectivity index (χ1) is 6.81. The summed E-state index contributed by atoms with van der Waals surface area (Å²) in [4.78, 5) is 13.3. The fourth-order valence-electron chi connectivity index (χ4n) is 1.88. The Bertz CT molecular complexity index is 408. The predicted octanol–water partition coefficient (Wildman–Crippen LogP) is 2.15. The van der Waals surface area contributed by atoms with Crippen LogP contribution in [0.3, 0.4) is 0 Å². The number of nitrogens with zero attached hydrogens (tertiary/aromatic N) is 1. The minimum absolute atomic E-state index is 0.0998. The highest BCUT2D eigenvalue weighted by Gasteiger charge is 2.14. The molecule has 0 fully saturated rings. The summed E-state index contributed by atoms with van der Waals surface area (Å²) in [5.74, 6) is -0.260. The lowest BCUT2D eigenvalue weighted by molar-refractivity contribution is 0.561. The van der Waals surface area contributed by atoms with Gasteiger partial charge in [-0.25, -0.2) is 14.2 Å². The van der Waals surface area contributed by atoms with Gasteiger partial charge in [0.2, 0.25) is 6.08 Å². The number of aliphatic imine (C=N–C) groups is 1. The molecule has 0 spiro atoms. The first kappa shape index (κ1) is 9.10. The smallest absolute Gasteiger partial charge is 0.211 e. The summed E-state index contributed by atoms with van der Waals surface area (Å²) in [6, 6.07) is 3.39. The third kappa shape index (κ3) is 1.59. The molecule has 0 saturated heterocycles. The van der Waals surface area contributed by atoms with Gasteiger partial charge < -0.3 is 0 Å². The summed E-state index contributed by atoms with van der Waals surface area (Å²) in [6.45, 7) is 0.0998. The van der Waals surface area contributed by atoms with Crippen molar-refractivity contribution in [2.45, 2.75) is 25.8 Å². The third-order valence-electron chi connectivity index (χ3n) is 2.57. The van der Waals surface area contributed by atoms with Gasteiger partial charge in [-0.1, -0.05) is 6.07 Å². The molecule has 0 atom stereocenters. The standard InChI is InChI=1S/C11H10FNO/c12-11-5-9-3-1-2-8(9)4-10(11)6-13-7-14/h4-5H,1-3,6H2. The summed E-state index contributed by atoms with van der Waals surface area (Å²) in [7, 11) is 0. The molecule has 1 aliphatic rings. The van der Waals surface area contributed by atoms with Crippen LogP contribution >= 0.6 is 0 Å². The molecule has 1 aromatic rings. The summed E-state index contributed by atoms with van der Waals surface area (Å²) in [6.07, 6.45) is 4.48. The third-order valence-corrected chi connectivity index (χ3v) is 2.57. The number of isocyanates is 1. The molecule has 0 amide bonds. The number of rotatable bonds is 2. The number of aryl methyl sites for hydroxylation is 2. The summed E-state index contributed by atoms with van der Waals surface area (Å²) in [5, 5.41) is 0. The van der Waals surface area contributed by atoms with Gasteiger partial charge in [-0.2, -0.15) is 0 Å². The van der Waals surface area contributed by atoms with Gasteiger partial charge in [0.15, 0.2) is 0 Å². The van der Waals surface area contributed by atoms with Gasteiger partial charge in [0.05, 0.1) is 6.54 Å². The lowest BCUT2D eigenvalue weighted by Gasteiger charge is -2.03. The van der Waals surface area contributed by atoms with E-state index in [0.717, 1.165) is 24.8 Å². The van der Waals surface area contributed by atoms with Crippen LogP contribution in [0.4, 0.5) is 4.39 Å². The molecule has 14 heavy (non-hydrogen) atoms. The van der Waals surface area contributed by atoms with Crippen molar-refractivity contribution >= 4 is 6.08 Å². The van der Waals surface area contributed by atoms with Gasteiger partial charge in [0.25, 0.3) is 0 Å². The molecular weight excluding hydrogens is 181 g/mol. The molecule has 0 bridgehead atoms. The second kappa shape index (κ2) is 3.72. The molecule has 0 aromatic heterocycles. The van der Waals surface area contributed by atoms with E-state index in [1.54, 1.807) is 6.07 Å². The second-order valence-corrected chi connectivity index (χ2v) is 3.47. The maximum Gasteiger partial charge on any atom is 0.235 e. The highest BCUT2D eigenvalue weighted by molar-refractivity contribution is 5.38. The predicted molar refractivity (Wildman–Crippen MR) is 50.3 cm³/mol. The molecule has 0 aliphatic heterocycles. The molecule has 0 radical (unpaired) electrons. The van der Waals surface area contributed by atoms with Gasteiger partial charge in [-0.3, -0.25) is 0 Å². The Balaban J connectivity index is 2.36. The molecule has 0 saturated carbocycles. The van der Waals surface area contributed by atoms with Crippen LogP contribution in [-0.2, 0) is 24.2 Å². The van der Waals surface area contributed by atoms with E-state index >= 15 is 0 Å². The van der Waals surface area contributed by atoms with Crippen LogP contribution in [0.25, 0.3) is 0 Å². The summed E-state index contributed by atoms with van der Waals surface area (Å²) >= 11 is 0. The molecule has 3 heteroatoms. The van der Waals surface area contributed by atoms with Gasteiger partial charge in [0.1, 0.15) is 5.82 Å². The monoisotopic (exact) mass is 191 g/mol. The largest absolute Gasteiger partial charge is 0.235 e. The molecule has 0 N–H and O–H groups in total. The topological polar surface area (TPSA) is 29.4 Å². The highest BCUT2D eigenvalue weighted by atomic mass is 19.1. The van der Waals surface area contributed by atoms with Crippen molar-refractivity contribution in [3.63, 3.8) is 0 Å². The van der Waals surface area contributed by atoms with Gasteiger partial charge in [-0.05, 0) is 36.5 Å². The molecule has 1 aromatic carbocycles. The van der Waals surface area contributed by atoms with Crippen LogP contribution in [0.1, 0.15) is 23.1 Å². The second-order valence-electron chi connectivity index (χ2n) is 3.47. The number of hydrogen-bond donors (Lipinski definition) is 0. The molecule has 72 valence electrons. The Morgan fingerprint density at radius 1 is 1.36 bits per heavy atom. The van der Waals surface area contributed by atoms with E-state index in [9.17, 15) is 9.18 Å². The minimum Gasteiger partial charge on any atom is -0.211 e. The summed E-state index contributed by atoms with van der Waals surface area (Å²) in [5.41, 5.74) is 2.79. The number of benzene rings is 1. The van der Waals surface area contributed by atoms with Crippen molar-refractivity contribution in [1.29, 1.82) is 0 Å². The Morgan fingerprint density at radius 2 is 2.07 bits per heavy atom. The Kier molecular flexibility index (Phi) is 2.42. The quantitative estimate of drug-likeness (QED) is 0.520. The normalized spacial score (nSPS) is 13.5. The van der Waals surface area contributed by atoms with Gasteiger partial charge in [-0.15, -0.1) is 0 Å². The van der Waals surface area contributed by atoms with Crippen LogP contribution in [0.15, 0.2) is 17.1 Å². The van der Waals surface area contributed by atoms with Crippen molar-refractivity contribution in [2.24, 2.45) is 4.99 Å². The summed E-state index contributed by atoms with van der Waals surface area (Å²) < 4.78 is 13.4. The molecule has 0 unspecified atom stereocenters. The van der Waals surface area contributed by atoms with E-state index < -0.39 is 0 Å². The first-order valence-corrected chi connectivity index (χ1v) is 4.65. The molecule has 2 rings (SSSR count). The molecule has 2 nitrogen and oxygen atoms in total. The van der Waals surface area contributed by atoms with Crippen molar-refractivity contribution < 1.29 is 9.18 Å². The van der Waals surface area contributed by atoms with Crippen molar-refractivity contribution in [3.05, 3.63) is 34.6 Å². The fourth-order valence-corrected chi connectivity index (χ4v) is 1.88. The molecular formula is C11H10FNO. The van der Waals surface area contributed by atoms with Crippen LogP contribution in [0, 0.1) is 5.82 Å². The minimum atomic E-state index is -0.260. The van der Waals surface area contributed by atoms with Crippen LogP contribution < -0.4 is 0 Å². The van der Waals surface area contributed by atoms with Gasteiger partial charge >= 0.3 is 0 Å². The fraction of sp³-hybridized carbons (Fsp3) is 0.364. The Morgan fingerprint density at radius 3 is 2.79 bits per heavy atom. The van der Waals surface area contributed by atoms with Crippen molar-refractivity contribution in [2.75, 3.05) is 0 Å². The van der Waals surface area contributed by atoms with Crippen LogP contribution in [-0.4, -0.2) is 6.08 Å². The Hall–Kier alpha value is -1.47. The SMILES string of the molecule is O=C=NCc1cc2c(cc1F)CCC2. The van der Waals surface area contributed by atoms with Crippen LogP contribution in [0.2, 0.25) is 0 Å². The zero-order valence-corrected chi connectivity index (χ0v) is 7.72. The highest BCUT2D eigenvalue weighted by Crippen LogP contribution is 2.25. The lowest BCUT2D eigenvalue weighted by Crippen LogP contribution is -1.93. The zero-order chi connectivity index (χ0) is 9.97. The van der Waals surface area contributed by atoms with Crippen molar-refractivity contribution in [1.82, 2.24) is 0 Å². The number of halogens is 1. The zero-order valence-electron chi connectivity index (χ0n) is 7.72. The van der Waals surface area contributed by atoms with E-state index in [0.29, 0.717) is 5.56 Å². The maximum absolute atomic E-state index is 13.4. The average molecular weight is 191 g/mol. The van der Waals surface area contributed by atoms with E-state index in [1.165, 1.54) is 11.6 Å². The number of fused-ring (bicyclic) bond motifs is 1. The lowest BCUT2D eigenvalue weighted by atomic mass is 10.1. The van der Waals surface area contributed by atoms with Crippen LogP contribution in [0.5, 0.6) is 0 Å². The van der Waals surface area contributed by atoms with E-state index in [4.69, 9.17) is 0 Å². The number of hydrogen-bond acceptors (Lipinski definition) is 2. The van der Waals surface area contributed by atoms with E-state index in [1.807, 2.05) is 6.07 Å². The van der Waals surface area contributed by atoms with Gasteiger partial charge in [0, 0.05) is 5.56 Å².